The van der Waals surface area contributed by atoms with Crippen LogP contribution < -0.4 is 4.72 Å². The van der Waals surface area contributed by atoms with Gasteiger partial charge in [-0.3, -0.25) is 4.79 Å². The highest BCUT2D eigenvalue weighted by atomic mass is 32.2. The van der Waals surface area contributed by atoms with Gasteiger partial charge in [-0.25, -0.2) is 4.72 Å². The van der Waals surface area contributed by atoms with E-state index in [2.05, 4.69) is 4.72 Å². The van der Waals surface area contributed by atoms with Gasteiger partial charge in [0.1, 0.15) is 0 Å². The third-order valence-corrected chi connectivity index (χ3v) is 3.61. The zero-order valence-corrected chi connectivity index (χ0v) is 11.1. The molecule has 0 amide bonds. The summed E-state index contributed by atoms with van der Waals surface area (Å²) in [6, 6.07) is 0. The molecule has 0 aliphatic rings. The van der Waals surface area contributed by atoms with Gasteiger partial charge in [0.2, 0.25) is 0 Å². The lowest BCUT2D eigenvalue weighted by atomic mass is 10.4. The van der Waals surface area contributed by atoms with E-state index in [4.69, 9.17) is 14.9 Å². The third-order valence-electron chi connectivity index (χ3n) is 2.04. The van der Waals surface area contributed by atoms with Crippen molar-refractivity contribution in [2.75, 3.05) is 40.0 Å². The number of carboxylic acid groups (broad SMARTS) is 1. The van der Waals surface area contributed by atoms with Gasteiger partial charge in [-0.1, -0.05) is 0 Å². The average molecular weight is 284 g/mol. The Hall–Kier alpha value is -0.740. The fourth-order valence-electron chi connectivity index (χ4n) is 1.03. The molecule has 8 nitrogen and oxygen atoms in total. The maximum Gasteiger partial charge on any atom is 0.304 e. The highest BCUT2D eigenvalue weighted by Crippen LogP contribution is 1.96. The molecule has 0 aliphatic heterocycles. The first-order chi connectivity index (χ1) is 8.40. The molecule has 0 bridgehead atoms. The van der Waals surface area contributed by atoms with Crippen molar-refractivity contribution in [3.05, 3.63) is 0 Å². The third kappa shape index (κ3) is 8.37. The Labute approximate surface area is 107 Å². The Balaban J connectivity index is 3.81. The molecule has 0 fully saturated rings. The topological polar surface area (TPSA) is 116 Å². The maximum atomic E-state index is 11.6. The Bertz CT molecular complexity index is 332. The summed E-state index contributed by atoms with van der Waals surface area (Å²) in [5.74, 6) is -1.05. The number of rotatable bonds is 11. The predicted molar refractivity (Wildman–Crippen MR) is 64.3 cm³/mol. The molecule has 0 heterocycles. The van der Waals surface area contributed by atoms with Crippen LogP contribution in [-0.2, 0) is 19.7 Å². The summed E-state index contributed by atoms with van der Waals surface area (Å²) >= 11 is 0. The minimum absolute atomic E-state index is 0.0658. The van der Waals surface area contributed by atoms with E-state index in [1.807, 2.05) is 0 Å². The molecule has 0 unspecified atom stereocenters. The van der Waals surface area contributed by atoms with Gasteiger partial charge < -0.3 is 14.9 Å². The van der Waals surface area contributed by atoms with E-state index in [1.165, 1.54) is 7.05 Å². The van der Waals surface area contributed by atoms with Crippen molar-refractivity contribution in [1.29, 1.82) is 0 Å². The molecule has 108 valence electrons. The van der Waals surface area contributed by atoms with Crippen LogP contribution in [-0.4, -0.2) is 68.9 Å². The molecular weight excluding hydrogens is 264 g/mol. The zero-order valence-electron chi connectivity index (χ0n) is 10.3. The summed E-state index contributed by atoms with van der Waals surface area (Å²) in [7, 11) is -2.32. The van der Waals surface area contributed by atoms with E-state index in [0.29, 0.717) is 13.0 Å². The van der Waals surface area contributed by atoms with Crippen molar-refractivity contribution in [2.45, 2.75) is 12.8 Å². The van der Waals surface area contributed by atoms with Gasteiger partial charge in [-0.05, 0) is 6.42 Å². The number of hydrogen-bond donors (Lipinski definition) is 3. The standard InChI is InChI=1S/C9H20N2O6S/c1-11(5-3-9(13)14)18(15,16)10-4-2-7-17-8-6-12/h10,12H,2-8H2,1H3,(H,13,14). The van der Waals surface area contributed by atoms with E-state index < -0.39 is 16.2 Å². The number of aliphatic hydroxyl groups is 1. The first-order valence-electron chi connectivity index (χ1n) is 5.51. The van der Waals surface area contributed by atoms with Crippen LogP contribution in [0.4, 0.5) is 0 Å². The first kappa shape index (κ1) is 17.3. The van der Waals surface area contributed by atoms with Crippen molar-refractivity contribution >= 4 is 16.2 Å². The Kier molecular flexibility index (Phi) is 8.85. The van der Waals surface area contributed by atoms with Crippen molar-refractivity contribution in [3.63, 3.8) is 0 Å². The lowest BCUT2D eigenvalue weighted by molar-refractivity contribution is -0.137. The largest absolute Gasteiger partial charge is 0.481 e. The van der Waals surface area contributed by atoms with E-state index in [0.717, 1.165) is 4.31 Å². The van der Waals surface area contributed by atoms with E-state index in [1.54, 1.807) is 0 Å². The highest BCUT2D eigenvalue weighted by molar-refractivity contribution is 7.87. The fraction of sp³-hybridized carbons (Fsp3) is 0.889. The van der Waals surface area contributed by atoms with Gasteiger partial charge in [0.15, 0.2) is 0 Å². The SMILES string of the molecule is CN(CCC(=O)O)S(=O)(=O)NCCCOCCO. The first-order valence-corrected chi connectivity index (χ1v) is 6.95. The summed E-state index contributed by atoms with van der Waals surface area (Å²) < 4.78 is 31.4. The minimum Gasteiger partial charge on any atom is -0.481 e. The molecule has 3 N–H and O–H groups in total. The molecule has 18 heavy (non-hydrogen) atoms. The molecule has 0 aliphatic carbocycles. The monoisotopic (exact) mass is 284 g/mol. The van der Waals surface area contributed by atoms with E-state index in [9.17, 15) is 13.2 Å². The molecular formula is C9H20N2O6S. The Morgan fingerprint density at radius 3 is 2.61 bits per heavy atom. The van der Waals surface area contributed by atoms with Gasteiger partial charge in [0.25, 0.3) is 10.2 Å². The van der Waals surface area contributed by atoms with Crippen LogP contribution in [0.5, 0.6) is 0 Å². The van der Waals surface area contributed by atoms with Crippen molar-refractivity contribution < 1.29 is 28.2 Å². The van der Waals surface area contributed by atoms with Crippen molar-refractivity contribution in [2.24, 2.45) is 0 Å². The molecule has 9 heteroatoms. The predicted octanol–water partition coefficient (Wildman–Crippen LogP) is -1.37. The number of carboxylic acids is 1. The van der Waals surface area contributed by atoms with Crippen LogP contribution in [0.1, 0.15) is 12.8 Å². The highest BCUT2D eigenvalue weighted by Gasteiger charge is 2.17. The summed E-state index contributed by atoms with van der Waals surface area (Å²) in [5.41, 5.74) is 0. The van der Waals surface area contributed by atoms with Gasteiger partial charge in [-0.15, -0.1) is 0 Å². The van der Waals surface area contributed by atoms with Gasteiger partial charge >= 0.3 is 5.97 Å². The second-order valence-electron chi connectivity index (χ2n) is 3.55. The lowest BCUT2D eigenvalue weighted by Crippen LogP contribution is -2.39. The van der Waals surface area contributed by atoms with Crippen LogP contribution in [0.25, 0.3) is 0 Å². The zero-order chi connectivity index (χ0) is 14.0. The van der Waals surface area contributed by atoms with Crippen molar-refractivity contribution in [3.8, 4) is 0 Å². The van der Waals surface area contributed by atoms with Crippen molar-refractivity contribution in [1.82, 2.24) is 9.03 Å². The molecule has 0 radical (unpaired) electrons. The fourth-order valence-corrected chi connectivity index (χ4v) is 1.98. The quantitative estimate of drug-likeness (QED) is 0.403. The minimum atomic E-state index is -3.63. The Morgan fingerprint density at radius 1 is 1.39 bits per heavy atom. The van der Waals surface area contributed by atoms with Crippen LogP contribution in [0.3, 0.4) is 0 Å². The molecule has 0 saturated carbocycles. The van der Waals surface area contributed by atoms with Gasteiger partial charge in [-0.2, -0.15) is 12.7 Å². The number of aliphatic hydroxyl groups excluding tert-OH is 1. The van der Waals surface area contributed by atoms with Crippen LogP contribution in [0, 0.1) is 0 Å². The summed E-state index contributed by atoms with van der Waals surface area (Å²) in [6.45, 7) is 0.633. The molecule has 0 spiro atoms. The van der Waals surface area contributed by atoms with Gasteiger partial charge in [0.05, 0.1) is 19.6 Å². The normalized spacial score (nSPS) is 11.9. The summed E-state index contributed by atoms with van der Waals surface area (Å²) in [5, 5.41) is 16.9. The summed E-state index contributed by atoms with van der Waals surface area (Å²) in [6.07, 6.45) is 0.239. The number of carbonyl (C=O) groups is 1. The van der Waals surface area contributed by atoms with E-state index in [-0.39, 0.29) is 32.7 Å². The molecule has 0 aromatic rings. The maximum absolute atomic E-state index is 11.6. The Morgan fingerprint density at radius 2 is 2.06 bits per heavy atom. The summed E-state index contributed by atoms with van der Waals surface area (Å²) in [4.78, 5) is 10.3. The van der Waals surface area contributed by atoms with Crippen LogP contribution in [0.15, 0.2) is 0 Å². The average Bonchev–Trinajstić information content (AvgIpc) is 2.30. The molecule has 0 saturated heterocycles. The number of hydrogen-bond acceptors (Lipinski definition) is 5. The molecule has 0 rings (SSSR count). The lowest BCUT2D eigenvalue weighted by Gasteiger charge is -2.16. The smallest absolute Gasteiger partial charge is 0.304 e. The van der Waals surface area contributed by atoms with Crippen LogP contribution in [0.2, 0.25) is 0 Å². The molecule has 0 aromatic heterocycles. The van der Waals surface area contributed by atoms with Gasteiger partial charge in [0, 0.05) is 26.7 Å². The van der Waals surface area contributed by atoms with E-state index >= 15 is 0 Å². The number of nitrogens with zero attached hydrogens (tertiary/aromatic N) is 1. The number of aliphatic carboxylic acids is 1. The second kappa shape index (κ2) is 9.22. The molecule has 0 aromatic carbocycles. The van der Waals surface area contributed by atoms with Crippen LogP contribution >= 0.6 is 0 Å². The number of nitrogens with one attached hydrogen (secondary N) is 1. The second-order valence-corrected chi connectivity index (χ2v) is 5.42. The molecule has 0 atom stereocenters. The number of ether oxygens (including phenoxy) is 1.